The predicted molar refractivity (Wildman–Crippen MR) is 103 cm³/mol. The van der Waals surface area contributed by atoms with E-state index in [1.165, 1.54) is 42.3 Å². The number of para-hydroxylation sites is 1. The molecule has 0 bridgehead atoms. The van der Waals surface area contributed by atoms with Gasteiger partial charge >= 0.3 is 6.18 Å². The third kappa shape index (κ3) is 3.37. The van der Waals surface area contributed by atoms with Crippen LogP contribution in [0.4, 0.5) is 24.5 Å². The molecular formula is C21H16F3N3O2. The van der Waals surface area contributed by atoms with E-state index in [1.807, 2.05) is 0 Å². The van der Waals surface area contributed by atoms with Crippen LogP contribution in [-0.4, -0.2) is 10.9 Å². The fourth-order valence-corrected chi connectivity index (χ4v) is 3.41. The molecule has 1 aliphatic rings. The molecule has 1 amide bonds. The maximum Gasteiger partial charge on any atom is 0.416 e. The summed E-state index contributed by atoms with van der Waals surface area (Å²) in [5, 5.41) is 3.19. The van der Waals surface area contributed by atoms with E-state index in [0.717, 1.165) is 6.07 Å². The van der Waals surface area contributed by atoms with Crippen LogP contribution in [0.15, 0.2) is 65.6 Å². The summed E-state index contributed by atoms with van der Waals surface area (Å²) < 4.78 is 40.3. The number of amides is 1. The fraction of sp³-hybridized carbons (Fsp3) is 0.143. The maximum absolute atomic E-state index is 13.4. The average molecular weight is 399 g/mol. The normalized spacial score (nSPS) is 16.3. The fourth-order valence-electron chi connectivity index (χ4n) is 3.41. The van der Waals surface area contributed by atoms with Crippen LogP contribution >= 0.6 is 0 Å². The lowest BCUT2D eigenvalue weighted by Gasteiger charge is -2.38. The van der Waals surface area contributed by atoms with E-state index in [1.54, 1.807) is 24.3 Å². The molecule has 0 radical (unpaired) electrons. The van der Waals surface area contributed by atoms with Gasteiger partial charge in [0.2, 0.25) is 5.56 Å². The highest BCUT2D eigenvalue weighted by molar-refractivity contribution is 6.12. The molecule has 0 fully saturated rings. The van der Waals surface area contributed by atoms with Crippen molar-refractivity contribution in [3.05, 3.63) is 93.4 Å². The molecule has 148 valence electrons. The van der Waals surface area contributed by atoms with Gasteiger partial charge in [-0.15, -0.1) is 0 Å². The number of aromatic amines is 1. The lowest BCUT2D eigenvalue weighted by molar-refractivity contribution is -0.138. The molecule has 0 saturated carbocycles. The van der Waals surface area contributed by atoms with E-state index in [4.69, 9.17) is 0 Å². The summed E-state index contributed by atoms with van der Waals surface area (Å²) in [6, 6.07) is 13.4. The summed E-state index contributed by atoms with van der Waals surface area (Å²) in [5.74, 6) is -0.437. The van der Waals surface area contributed by atoms with Crippen molar-refractivity contribution in [2.75, 3.05) is 10.2 Å². The van der Waals surface area contributed by atoms with Gasteiger partial charge in [-0.3, -0.25) is 14.5 Å². The van der Waals surface area contributed by atoms with E-state index in [2.05, 4.69) is 10.3 Å². The number of hydrogen-bond acceptors (Lipinski definition) is 3. The number of anilines is 2. The number of aromatic nitrogens is 1. The third-order valence-corrected chi connectivity index (χ3v) is 4.86. The summed E-state index contributed by atoms with van der Waals surface area (Å²) in [6.45, 7) is 1.37. The molecule has 0 saturated heterocycles. The lowest BCUT2D eigenvalue weighted by Crippen LogP contribution is -2.43. The van der Waals surface area contributed by atoms with Gasteiger partial charge in [0.1, 0.15) is 6.17 Å². The summed E-state index contributed by atoms with van der Waals surface area (Å²) in [4.78, 5) is 28.5. The summed E-state index contributed by atoms with van der Waals surface area (Å²) >= 11 is 0. The molecule has 2 aromatic carbocycles. The smallest absolute Gasteiger partial charge is 0.360 e. The zero-order valence-corrected chi connectivity index (χ0v) is 15.2. The van der Waals surface area contributed by atoms with Gasteiger partial charge in [0.15, 0.2) is 0 Å². The number of carbonyl (C=O) groups is 1. The first kappa shape index (κ1) is 18.8. The number of alkyl halides is 3. The average Bonchev–Trinajstić information content (AvgIpc) is 2.68. The maximum atomic E-state index is 13.4. The van der Waals surface area contributed by atoms with E-state index in [0.29, 0.717) is 16.8 Å². The molecule has 2 heterocycles. The summed E-state index contributed by atoms with van der Waals surface area (Å²) in [7, 11) is 0. The predicted octanol–water partition coefficient (Wildman–Crippen LogP) is 4.47. The topological polar surface area (TPSA) is 65.2 Å². The molecule has 3 aromatic rings. The van der Waals surface area contributed by atoms with Crippen LogP contribution < -0.4 is 15.8 Å². The number of halogens is 3. The second-order valence-electron chi connectivity index (χ2n) is 6.75. The van der Waals surface area contributed by atoms with Gasteiger partial charge in [-0.1, -0.05) is 18.2 Å². The third-order valence-electron chi connectivity index (χ3n) is 4.86. The van der Waals surface area contributed by atoms with Crippen LogP contribution in [-0.2, 0) is 6.18 Å². The van der Waals surface area contributed by atoms with E-state index in [-0.39, 0.29) is 16.8 Å². The molecule has 0 aliphatic carbocycles. The molecule has 5 nitrogen and oxygen atoms in total. The number of carbonyl (C=O) groups excluding carboxylic acids is 1. The van der Waals surface area contributed by atoms with Crippen LogP contribution in [0.1, 0.15) is 33.2 Å². The number of H-pyrrole nitrogens is 1. The standard InChI is InChI=1S/C21H16F3N3O2/c1-12-6-8-14(10-16(12)21(22,23)24)27-19(13-7-9-18(28)25-11-13)26-17-5-3-2-4-15(17)20(27)29/h2-11,19,26H,1H3,(H,25,28). The number of rotatable bonds is 2. The second kappa shape index (κ2) is 6.80. The van der Waals surface area contributed by atoms with Crippen molar-refractivity contribution >= 4 is 17.3 Å². The van der Waals surface area contributed by atoms with Crippen molar-refractivity contribution in [3.8, 4) is 0 Å². The lowest BCUT2D eigenvalue weighted by atomic mass is 10.0. The number of benzene rings is 2. The minimum Gasteiger partial charge on any atom is -0.360 e. The first-order valence-corrected chi connectivity index (χ1v) is 8.81. The molecule has 8 heteroatoms. The first-order chi connectivity index (χ1) is 13.8. The van der Waals surface area contributed by atoms with Gasteiger partial charge in [0, 0.05) is 29.2 Å². The van der Waals surface area contributed by atoms with Crippen molar-refractivity contribution in [3.63, 3.8) is 0 Å². The Balaban J connectivity index is 1.89. The highest BCUT2D eigenvalue weighted by Gasteiger charge is 2.37. The quantitative estimate of drug-likeness (QED) is 0.668. The minimum absolute atomic E-state index is 0.0691. The first-order valence-electron chi connectivity index (χ1n) is 8.81. The second-order valence-corrected chi connectivity index (χ2v) is 6.75. The largest absolute Gasteiger partial charge is 0.416 e. The highest BCUT2D eigenvalue weighted by atomic mass is 19.4. The Hall–Kier alpha value is -3.55. The number of aryl methyl sites for hydroxylation is 1. The zero-order chi connectivity index (χ0) is 20.8. The Morgan fingerprint density at radius 2 is 1.76 bits per heavy atom. The van der Waals surface area contributed by atoms with E-state index < -0.39 is 23.8 Å². The van der Waals surface area contributed by atoms with Gasteiger partial charge in [-0.25, -0.2) is 0 Å². The van der Waals surface area contributed by atoms with Crippen molar-refractivity contribution in [1.29, 1.82) is 0 Å². The SMILES string of the molecule is Cc1ccc(N2C(=O)c3ccccc3NC2c2ccc(=O)[nH]c2)cc1C(F)(F)F. The minimum atomic E-state index is -4.54. The molecule has 29 heavy (non-hydrogen) atoms. The molecule has 1 unspecified atom stereocenters. The van der Waals surface area contributed by atoms with Gasteiger partial charge in [-0.05, 0) is 42.8 Å². The Labute approximate surface area is 163 Å². The van der Waals surface area contributed by atoms with Crippen molar-refractivity contribution in [1.82, 2.24) is 4.98 Å². The number of nitrogens with zero attached hydrogens (tertiary/aromatic N) is 1. The molecule has 1 aliphatic heterocycles. The van der Waals surface area contributed by atoms with Crippen molar-refractivity contribution in [2.45, 2.75) is 19.3 Å². The number of nitrogens with one attached hydrogen (secondary N) is 2. The monoisotopic (exact) mass is 399 g/mol. The molecule has 2 N–H and O–H groups in total. The Kier molecular flexibility index (Phi) is 4.41. The molecule has 1 atom stereocenters. The van der Waals surface area contributed by atoms with Crippen LogP contribution in [0, 0.1) is 6.92 Å². The zero-order valence-electron chi connectivity index (χ0n) is 15.2. The molecular weight excluding hydrogens is 383 g/mol. The summed E-state index contributed by atoms with van der Waals surface area (Å²) in [6.07, 6.45) is -3.90. The van der Waals surface area contributed by atoms with Crippen LogP contribution in [0.3, 0.4) is 0 Å². The molecule has 4 rings (SSSR count). The Bertz CT molecular complexity index is 1130. The Morgan fingerprint density at radius 1 is 1.00 bits per heavy atom. The number of hydrogen-bond donors (Lipinski definition) is 2. The molecule has 1 aromatic heterocycles. The van der Waals surface area contributed by atoms with Crippen molar-refractivity contribution in [2.24, 2.45) is 0 Å². The van der Waals surface area contributed by atoms with Crippen LogP contribution in [0.25, 0.3) is 0 Å². The van der Waals surface area contributed by atoms with E-state index >= 15 is 0 Å². The Morgan fingerprint density at radius 3 is 2.45 bits per heavy atom. The van der Waals surface area contributed by atoms with Gasteiger partial charge in [-0.2, -0.15) is 13.2 Å². The van der Waals surface area contributed by atoms with Crippen molar-refractivity contribution < 1.29 is 18.0 Å². The van der Waals surface area contributed by atoms with Crippen LogP contribution in [0.5, 0.6) is 0 Å². The number of fused-ring (bicyclic) bond motifs is 1. The van der Waals surface area contributed by atoms with Crippen LogP contribution in [0.2, 0.25) is 0 Å². The van der Waals surface area contributed by atoms with E-state index in [9.17, 15) is 22.8 Å². The number of pyridine rings is 1. The highest BCUT2D eigenvalue weighted by Crippen LogP contribution is 2.39. The van der Waals surface area contributed by atoms with Gasteiger partial charge in [0.25, 0.3) is 5.91 Å². The molecule has 0 spiro atoms. The van der Waals surface area contributed by atoms with Gasteiger partial charge < -0.3 is 10.3 Å². The summed E-state index contributed by atoms with van der Waals surface area (Å²) in [5.41, 5.74) is 0.488. The van der Waals surface area contributed by atoms with Gasteiger partial charge in [0.05, 0.1) is 11.1 Å².